The zero-order valence-corrected chi connectivity index (χ0v) is 19.6. The Bertz CT molecular complexity index is 1250. The number of carbonyl (C=O) groups excluding carboxylic acids is 2. The molecule has 1 aromatic carbocycles. The summed E-state index contributed by atoms with van der Waals surface area (Å²) >= 11 is 0. The number of esters is 1. The summed E-state index contributed by atoms with van der Waals surface area (Å²) in [5.74, 6) is -2.82. The minimum atomic E-state index is -5.00. The van der Waals surface area contributed by atoms with E-state index in [2.05, 4.69) is 20.6 Å². The lowest BCUT2D eigenvalue weighted by molar-refractivity contribution is -0.148. The molecule has 4 rings (SSSR count). The number of para-hydroxylation sites is 1. The normalized spacial score (nSPS) is 14.4. The Hall–Kier alpha value is -4.16. The highest BCUT2D eigenvalue weighted by molar-refractivity contribution is 6.03. The molecule has 0 bridgehead atoms. The van der Waals surface area contributed by atoms with Crippen LogP contribution in [0.25, 0.3) is 0 Å². The number of amides is 1. The van der Waals surface area contributed by atoms with E-state index >= 15 is 0 Å². The fourth-order valence-electron chi connectivity index (χ4n) is 3.84. The van der Waals surface area contributed by atoms with Crippen molar-refractivity contribution >= 4 is 35.1 Å². The third-order valence-electron chi connectivity index (χ3n) is 5.66. The number of nitrogens with zero attached hydrogens (tertiary/aromatic N) is 3. The van der Waals surface area contributed by atoms with Crippen molar-refractivity contribution < 1.29 is 36.3 Å². The minimum absolute atomic E-state index is 0.128. The lowest BCUT2D eigenvalue weighted by Crippen LogP contribution is -2.37. The number of alkyl halides is 3. The number of nitrogens with one attached hydrogen (secondary N) is 2. The first-order valence-corrected chi connectivity index (χ1v) is 11.4. The zero-order valence-electron chi connectivity index (χ0n) is 19.6. The molecule has 0 saturated carbocycles. The van der Waals surface area contributed by atoms with Crippen LogP contribution in [0.2, 0.25) is 0 Å². The molecule has 0 atom stereocenters. The Morgan fingerprint density at radius 2 is 1.89 bits per heavy atom. The Labute approximate surface area is 208 Å². The smallest absolute Gasteiger partial charge is 0.437 e. The number of pyridine rings is 1. The second kappa shape index (κ2) is 10.8. The van der Waals surface area contributed by atoms with E-state index in [1.54, 1.807) is 13.0 Å². The molecule has 1 aliphatic heterocycles. The van der Waals surface area contributed by atoms with E-state index in [1.807, 2.05) is 4.90 Å². The molecule has 0 spiro atoms. The summed E-state index contributed by atoms with van der Waals surface area (Å²) < 4.78 is 64.4. The van der Waals surface area contributed by atoms with Gasteiger partial charge in [-0.2, -0.15) is 18.2 Å². The Balaban J connectivity index is 1.43. The molecule has 0 radical (unpaired) electrons. The van der Waals surface area contributed by atoms with E-state index in [9.17, 15) is 27.2 Å². The number of hydrogen-bond acceptors (Lipinski definition) is 8. The van der Waals surface area contributed by atoms with Gasteiger partial charge in [0.2, 0.25) is 5.76 Å². The van der Waals surface area contributed by atoms with Crippen molar-refractivity contribution in [2.24, 2.45) is 5.92 Å². The number of benzene rings is 1. The molecule has 37 heavy (non-hydrogen) atoms. The van der Waals surface area contributed by atoms with Crippen molar-refractivity contribution in [2.75, 3.05) is 35.2 Å². The molecule has 2 aromatic heterocycles. The summed E-state index contributed by atoms with van der Waals surface area (Å²) in [6.45, 7) is 3.24. The first-order chi connectivity index (χ1) is 17.7. The summed E-state index contributed by atoms with van der Waals surface area (Å²) in [6.07, 6.45) is -2.49. The molecule has 13 heteroatoms. The van der Waals surface area contributed by atoms with Crippen LogP contribution >= 0.6 is 0 Å². The molecule has 3 aromatic rings. The zero-order chi connectivity index (χ0) is 26.6. The van der Waals surface area contributed by atoms with Crippen molar-refractivity contribution in [1.29, 1.82) is 0 Å². The third kappa shape index (κ3) is 6.16. The van der Waals surface area contributed by atoms with Crippen LogP contribution in [0.5, 0.6) is 0 Å². The largest absolute Gasteiger partial charge is 0.466 e. The van der Waals surface area contributed by atoms with Crippen LogP contribution < -0.4 is 15.5 Å². The molecule has 2 N–H and O–H groups in total. The standard InChI is InChI=1S/C24H23F4N5O4/c1-2-36-22(35)14-9-11-33(12-10-14)18-8-7-15(13-29-18)30-21(34)19-20(24(26,27)28)32-23(37-19)31-17-6-4-3-5-16(17)25/h3-8,13-14H,2,9-12H2,1H3,(H,30,34)(H,31,32). The van der Waals surface area contributed by atoms with E-state index in [0.29, 0.717) is 38.4 Å². The molecular weight excluding hydrogens is 498 g/mol. The van der Waals surface area contributed by atoms with Crippen molar-refractivity contribution in [2.45, 2.75) is 25.9 Å². The van der Waals surface area contributed by atoms with Gasteiger partial charge in [-0.25, -0.2) is 9.37 Å². The second-order valence-corrected chi connectivity index (χ2v) is 8.17. The maximum Gasteiger partial charge on any atom is 0.437 e. The first-order valence-electron chi connectivity index (χ1n) is 11.4. The average Bonchev–Trinajstić information content (AvgIpc) is 3.31. The van der Waals surface area contributed by atoms with Crippen molar-refractivity contribution in [3.63, 3.8) is 0 Å². The predicted molar refractivity (Wildman–Crippen MR) is 125 cm³/mol. The van der Waals surface area contributed by atoms with E-state index < -0.39 is 35.4 Å². The monoisotopic (exact) mass is 521 g/mol. The number of anilines is 4. The van der Waals surface area contributed by atoms with Crippen molar-refractivity contribution in [3.8, 4) is 0 Å². The van der Waals surface area contributed by atoms with Gasteiger partial charge in [-0.1, -0.05) is 12.1 Å². The van der Waals surface area contributed by atoms with E-state index in [1.165, 1.54) is 30.5 Å². The van der Waals surface area contributed by atoms with Crippen LogP contribution in [0.1, 0.15) is 36.0 Å². The number of hydrogen-bond donors (Lipinski definition) is 2. The molecule has 9 nitrogen and oxygen atoms in total. The number of ether oxygens (including phenoxy) is 1. The molecule has 1 aliphatic rings. The van der Waals surface area contributed by atoms with Crippen LogP contribution in [0, 0.1) is 11.7 Å². The minimum Gasteiger partial charge on any atom is -0.466 e. The van der Waals surface area contributed by atoms with E-state index in [4.69, 9.17) is 9.15 Å². The van der Waals surface area contributed by atoms with Gasteiger partial charge in [0.15, 0.2) is 5.69 Å². The van der Waals surface area contributed by atoms with E-state index in [-0.39, 0.29) is 23.3 Å². The summed E-state index contributed by atoms with van der Waals surface area (Å²) in [5, 5.41) is 4.61. The van der Waals surface area contributed by atoms with Gasteiger partial charge in [-0.15, -0.1) is 0 Å². The van der Waals surface area contributed by atoms with Crippen molar-refractivity contribution in [1.82, 2.24) is 9.97 Å². The molecule has 0 unspecified atom stereocenters. The van der Waals surface area contributed by atoms with E-state index in [0.717, 1.165) is 6.07 Å². The van der Waals surface area contributed by atoms with Crippen LogP contribution in [0.15, 0.2) is 47.0 Å². The lowest BCUT2D eigenvalue weighted by Gasteiger charge is -2.31. The van der Waals surface area contributed by atoms with Crippen LogP contribution in [0.3, 0.4) is 0 Å². The summed E-state index contributed by atoms with van der Waals surface area (Å²) in [7, 11) is 0. The predicted octanol–water partition coefficient (Wildman–Crippen LogP) is 5.00. The maximum absolute atomic E-state index is 13.9. The number of piperidine rings is 1. The van der Waals surface area contributed by atoms with Gasteiger partial charge in [0, 0.05) is 13.1 Å². The van der Waals surface area contributed by atoms with Gasteiger partial charge in [0.1, 0.15) is 11.6 Å². The van der Waals surface area contributed by atoms with Gasteiger partial charge >= 0.3 is 18.2 Å². The average molecular weight is 521 g/mol. The van der Waals surface area contributed by atoms with Crippen molar-refractivity contribution in [3.05, 3.63) is 59.9 Å². The summed E-state index contributed by atoms with van der Waals surface area (Å²) in [4.78, 5) is 34.1. The first kappa shape index (κ1) is 25.9. The van der Waals surface area contributed by atoms with Crippen LogP contribution in [-0.4, -0.2) is 41.5 Å². The lowest BCUT2D eigenvalue weighted by atomic mass is 9.97. The molecule has 1 saturated heterocycles. The number of aromatic nitrogens is 2. The fraction of sp³-hybridized carbons (Fsp3) is 0.333. The molecule has 3 heterocycles. The van der Waals surface area contributed by atoms with Gasteiger partial charge in [-0.05, 0) is 44.0 Å². The fourth-order valence-corrected chi connectivity index (χ4v) is 3.84. The molecule has 196 valence electrons. The summed E-state index contributed by atoms with van der Waals surface area (Å²) in [5.41, 5.74) is -1.60. The summed E-state index contributed by atoms with van der Waals surface area (Å²) in [6, 6.07) is 7.65. The van der Waals surface area contributed by atoms with Gasteiger partial charge in [0.25, 0.3) is 5.91 Å². The number of rotatable bonds is 7. The van der Waals surface area contributed by atoms with Crippen LogP contribution in [-0.2, 0) is 15.7 Å². The molecule has 1 fully saturated rings. The topological polar surface area (TPSA) is 110 Å². The second-order valence-electron chi connectivity index (χ2n) is 8.17. The van der Waals surface area contributed by atoms with Gasteiger partial charge in [-0.3, -0.25) is 9.59 Å². The molecule has 0 aliphatic carbocycles. The van der Waals surface area contributed by atoms with Gasteiger partial charge in [0.05, 0.1) is 30.1 Å². The van der Waals surface area contributed by atoms with Gasteiger partial charge < -0.3 is 24.7 Å². The third-order valence-corrected chi connectivity index (χ3v) is 5.66. The number of carbonyl (C=O) groups is 2. The van der Waals surface area contributed by atoms with Crippen LogP contribution in [0.4, 0.5) is 40.8 Å². The molecular formula is C24H23F4N5O4. The highest BCUT2D eigenvalue weighted by Gasteiger charge is 2.41. The molecule has 1 amide bonds. The Morgan fingerprint density at radius 1 is 1.16 bits per heavy atom. The highest BCUT2D eigenvalue weighted by Crippen LogP contribution is 2.34. The number of halogens is 4. The quantitative estimate of drug-likeness (QED) is 0.330. The number of oxazole rings is 1. The highest BCUT2D eigenvalue weighted by atomic mass is 19.4. The maximum atomic E-state index is 13.9. The Morgan fingerprint density at radius 3 is 2.51 bits per heavy atom. The SMILES string of the molecule is CCOC(=O)C1CCN(c2ccc(NC(=O)c3oc(Nc4ccccc4F)nc3C(F)(F)F)cn2)CC1. The Kier molecular flexibility index (Phi) is 7.60.